The molecule has 0 aliphatic heterocycles. The normalized spacial score (nSPS) is 11.8. The molecule has 0 spiro atoms. The van der Waals surface area contributed by atoms with Crippen LogP contribution in [0.25, 0.3) is 11.3 Å². The Morgan fingerprint density at radius 3 is 2.60 bits per heavy atom. The van der Waals surface area contributed by atoms with Crippen LogP contribution in [-0.4, -0.2) is 11.2 Å². The maximum atomic E-state index is 12.9. The number of halogens is 3. The van der Waals surface area contributed by atoms with Crippen molar-refractivity contribution in [3.63, 3.8) is 0 Å². The van der Waals surface area contributed by atoms with Gasteiger partial charge in [-0.3, -0.25) is 5.43 Å². The second-order valence-corrected chi connectivity index (χ2v) is 6.20. The van der Waals surface area contributed by atoms with Crippen molar-refractivity contribution in [1.29, 1.82) is 0 Å². The summed E-state index contributed by atoms with van der Waals surface area (Å²) in [6.07, 6.45) is -3.03. The third-order valence-corrected chi connectivity index (χ3v) is 4.26. The average Bonchev–Trinajstić information content (AvgIpc) is 3.05. The molecule has 25 heavy (non-hydrogen) atoms. The lowest BCUT2D eigenvalue weighted by Crippen LogP contribution is -2.08. The fourth-order valence-corrected chi connectivity index (χ4v) is 2.92. The van der Waals surface area contributed by atoms with E-state index in [2.05, 4.69) is 15.5 Å². The number of hydrogen-bond donors (Lipinski definition) is 1. The van der Waals surface area contributed by atoms with Crippen LogP contribution < -0.4 is 5.43 Å². The molecule has 0 saturated heterocycles. The number of alkyl halides is 3. The number of aromatic nitrogens is 1. The Labute approximate surface area is 146 Å². The van der Waals surface area contributed by atoms with Crippen molar-refractivity contribution in [1.82, 2.24) is 4.98 Å². The summed E-state index contributed by atoms with van der Waals surface area (Å²) in [6.45, 7) is 1.43. The minimum Gasteiger partial charge on any atom is -0.253 e. The van der Waals surface area contributed by atoms with Gasteiger partial charge in [0.15, 0.2) is 0 Å². The average molecular weight is 361 g/mol. The van der Waals surface area contributed by atoms with Crippen LogP contribution in [0, 0.1) is 6.92 Å². The van der Waals surface area contributed by atoms with E-state index in [1.54, 1.807) is 6.07 Å². The zero-order valence-corrected chi connectivity index (χ0v) is 14.0. The van der Waals surface area contributed by atoms with Gasteiger partial charge < -0.3 is 0 Å². The van der Waals surface area contributed by atoms with Crippen molar-refractivity contribution >= 4 is 22.7 Å². The first-order chi connectivity index (χ1) is 11.9. The van der Waals surface area contributed by atoms with Gasteiger partial charge in [-0.1, -0.05) is 42.5 Å². The van der Waals surface area contributed by atoms with Gasteiger partial charge in [-0.15, -0.1) is 11.3 Å². The molecule has 0 aliphatic rings. The molecule has 0 aliphatic carbocycles. The molecule has 3 aromatic rings. The SMILES string of the molecule is Cc1ccc(C=NNc2nc(-c3ccccc3)cs2)cc1C(F)(F)F. The lowest BCUT2D eigenvalue weighted by Gasteiger charge is -2.10. The second-order valence-electron chi connectivity index (χ2n) is 5.35. The molecule has 1 N–H and O–H groups in total. The molecular formula is C18H14F3N3S. The van der Waals surface area contributed by atoms with Crippen molar-refractivity contribution in [3.05, 3.63) is 70.6 Å². The van der Waals surface area contributed by atoms with Gasteiger partial charge in [0.05, 0.1) is 17.5 Å². The highest BCUT2D eigenvalue weighted by molar-refractivity contribution is 7.14. The molecule has 128 valence electrons. The van der Waals surface area contributed by atoms with E-state index in [-0.39, 0.29) is 5.56 Å². The van der Waals surface area contributed by atoms with Crippen LogP contribution in [0.2, 0.25) is 0 Å². The predicted molar refractivity (Wildman–Crippen MR) is 94.9 cm³/mol. The van der Waals surface area contributed by atoms with Crippen molar-refractivity contribution in [2.75, 3.05) is 5.43 Å². The first-order valence-corrected chi connectivity index (χ1v) is 8.29. The molecule has 0 bridgehead atoms. The number of thiazole rings is 1. The highest BCUT2D eigenvalue weighted by atomic mass is 32.1. The minimum atomic E-state index is -4.37. The number of nitrogens with one attached hydrogen (secondary N) is 1. The lowest BCUT2D eigenvalue weighted by atomic mass is 10.1. The standard InChI is InChI=1S/C18H14F3N3S/c1-12-7-8-13(9-15(12)18(19,20)21)10-22-24-17-23-16(11-25-17)14-5-3-2-4-6-14/h2-11H,1H3,(H,23,24). The van der Waals surface area contributed by atoms with Crippen molar-refractivity contribution in [2.24, 2.45) is 5.10 Å². The predicted octanol–water partition coefficient (Wildman–Crippen LogP) is 5.58. The number of nitrogens with zero attached hydrogens (tertiary/aromatic N) is 2. The van der Waals surface area contributed by atoms with Gasteiger partial charge in [-0.25, -0.2) is 4.98 Å². The Hall–Kier alpha value is -2.67. The van der Waals surface area contributed by atoms with Gasteiger partial charge in [0.25, 0.3) is 0 Å². The Balaban J connectivity index is 1.71. The summed E-state index contributed by atoms with van der Waals surface area (Å²) in [5.74, 6) is 0. The van der Waals surface area contributed by atoms with E-state index in [0.717, 1.165) is 17.3 Å². The van der Waals surface area contributed by atoms with Crippen molar-refractivity contribution < 1.29 is 13.2 Å². The van der Waals surface area contributed by atoms with Crippen LogP contribution in [0.4, 0.5) is 18.3 Å². The number of rotatable bonds is 4. The topological polar surface area (TPSA) is 37.3 Å². The highest BCUT2D eigenvalue weighted by Gasteiger charge is 2.32. The monoisotopic (exact) mass is 361 g/mol. The summed E-state index contributed by atoms with van der Waals surface area (Å²) in [6, 6.07) is 13.8. The molecule has 2 aromatic carbocycles. The molecule has 0 amide bonds. The Bertz CT molecular complexity index is 886. The van der Waals surface area contributed by atoms with E-state index in [9.17, 15) is 13.2 Å². The summed E-state index contributed by atoms with van der Waals surface area (Å²) >= 11 is 1.37. The zero-order chi connectivity index (χ0) is 17.9. The van der Waals surface area contributed by atoms with Crippen LogP contribution >= 0.6 is 11.3 Å². The van der Waals surface area contributed by atoms with Gasteiger partial charge in [-0.2, -0.15) is 18.3 Å². The second kappa shape index (κ2) is 7.06. The molecule has 0 fully saturated rings. The summed E-state index contributed by atoms with van der Waals surface area (Å²) in [4.78, 5) is 4.40. The minimum absolute atomic E-state index is 0.185. The molecule has 1 aromatic heterocycles. The van der Waals surface area contributed by atoms with Crippen molar-refractivity contribution in [2.45, 2.75) is 13.1 Å². The Morgan fingerprint density at radius 2 is 1.88 bits per heavy atom. The number of benzene rings is 2. The third kappa shape index (κ3) is 4.24. The maximum absolute atomic E-state index is 12.9. The molecule has 0 unspecified atom stereocenters. The first-order valence-electron chi connectivity index (χ1n) is 7.41. The lowest BCUT2D eigenvalue weighted by molar-refractivity contribution is -0.138. The summed E-state index contributed by atoms with van der Waals surface area (Å²) in [5.41, 5.74) is 4.45. The Morgan fingerprint density at radius 1 is 1.12 bits per heavy atom. The Kier molecular flexibility index (Phi) is 4.85. The van der Waals surface area contributed by atoms with Gasteiger partial charge in [-0.05, 0) is 24.1 Å². The summed E-state index contributed by atoms with van der Waals surface area (Å²) in [7, 11) is 0. The smallest absolute Gasteiger partial charge is 0.253 e. The van der Waals surface area contributed by atoms with Crippen LogP contribution in [0.15, 0.2) is 59.0 Å². The fourth-order valence-electron chi connectivity index (χ4n) is 2.25. The van der Waals surface area contributed by atoms with Gasteiger partial charge in [0.1, 0.15) is 0 Å². The largest absolute Gasteiger partial charge is 0.416 e. The third-order valence-electron chi connectivity index (χ3n) is 3.51. The quantitative estimate of drug-likeness (QED) is 0.486. The first kappa shape index (κ1) is 17.2. The van der Waals surface area contributed by atoms with Crippen LogP contribution in [-0.2, 0) is 6.18 Å². The molecule has 0 radical (unpaired) electrons. The molecule has 1 heterocycles. The molecule has 7 heteroatoms. The molecular weight excluding hydrogens is 347 g/mol. The van der Waals surface area contributed by atoms with Crippen LogP contribution in [0.3, 0.4) is 0 Å². The number of hydrogen-bond acceptors (Lipinski definition) is 4. The van der Waals surface area contributed by atoms with Gasteiger partial charge in [0.2, 0.25) is 5.13 Å². The van der Waals surface area contributed by atoms with Crippen LogP contribution in [0.1, 0.15) is 16.7 Å². The van der Waals surface area contributed by atoms with Gasteiger partial charge in [0, 0.05) is 10.9 Å². The molecule has 3 nitrogen and oxygen atoms in total. The van der Waals surface area contributed by atoms with Crippen LogP contribution in [0.5, 0.6) is 0 Å². The van der Waals surface area contributed by atoms with E-state index >= 15 is 0 Å². The number of hydrazone groups is 1. The van der Waals surface area contributed by atoms with E-state index < -0.39 is 11.7 Å². The summed E-state index contributed by atoms with van der Waals surface area (Å²) in [5, 5.41) is 6.43. The maximum Gasteiger partial charge on any atom is 0.416 e. The number of aryl methyl sites for hydroxylation is 1. The molecule has 0 atom stereocenters. The van der Waals surface area contributed by atoms with E-state index in [4.69, 9.17) is 0 Å². The zero-order valence-electron chi connectivity index (χ0n) is 13.2. The molecule has 3 rings (SSSR count). The fraction of sp³-hybridized carbons (Fsp3) is 0.111. The highest BCUT2D eigenvalue weighted by Crippen LogP contribution is 2.32. The summed E-state index contributed by atoms with van der Waals surface area (Å²) < 4.78 is 38.7. The van der Waals surface area contributed by atoms with E-state index in [0.29, 0.717) is 10.7 Å². The van der Waals surface area contributed by atoms with E-state index in [1.807, 2.05) is 35.7 Å². The van der Waals surface area contributed by atoms with Gasteiger partial charge >= 0.3 is 6.18 Å². The number of anilines is 1. The van der Waals surface area contributed by atoms with Crippen molar-refractivity contribution in [3.8, 4) is 11.3 Å². The molecule has 0 saturated carbocycles. The van der Waals surface area contributed by atoms with E-state index in [1.165, 1.54) is 30.5 Å².